The molecule has 0 aliphatic carbocycles. The lowest BCUT2D eigenvalue weighted by molar-refractivity contribution is 0.0946. The van der Waals surface area contributed by atoms with Crippen LogP contribution in [0.15, 0.2) is 30.7 Å². The summed E-state index contributed by atoms with van der Waals surface area (Å²) in [5.74, 6) is -0.204. The summed E-state index contributed by atoms with van der Waals surface area (Å²) in [5.41, 5.74) is 2.16. The Morgan fingerprint density at radius 1 is 1.50 bits per heavy atom. The van der Waals surface area contributed by atoms with Gasteiger partial charge in [-0.1, -0.05) is 6.07 Å². The number of aromatic nitrogens is 3. The van der Waals surface area contributed by atoms with E-state index in [-0.39, 0.29) is 5.91 Å². The lowest BCUT2D eigenvalue weighted by atomic mass is 10.3. The van der Waals surface area contributed by atoms with Crippen LogP contribution < -0.4 is 5.32 Å². The molecular formula is C11H12N4O. The lowest BCUT2D eigenvalue weighted by Gasteiger charge is -2.03. The number of amides is 1. The van der Waals surface area contributed by atoms with E-state index < -0.39 is 0 Å². The molecule has 2 aromatic heterocycles. The topological polar surface area (TPSA) is 70.7 Å². The maximum Gasteiger partial charge on any atom is 0.271 e. The highest BCUT2D eigenvalue weighted by molar-refractivity contribution is 5.91. The van der Waals surface area contributed by atoms with Gasteiger partial charge in [0, 0.05) is 11.9 Å². The third kappa shape index (κ3) is 2.44. The highest BCUT2D eigenvalue weighted by Crippen LogP contribution is 1.98. The first-order chi connectivity index (χ1) is 7.75. The van der Waals surface area contributed by atoms with E-state index in [2.05, 4.69) is 20.3 Å². The number of imidazole rings is 1. The number of hydrogen-bond acceptors (Lipinski definition) is 3. The minimum Gasteiger partial charge on any atom is -0.350 e. The van der Waals surface area contributed by atoms with Gasteiger partial charge in [0.2, 0.25) is 0 Å². The summed E-state index contributed by atoms with van der Waals surface area (Å²) in [7, 11) is 0. The minimum absolute atomic E-state index is 0.204. The molecule has 2 aromatic rings. The second-order valence-electron chi connectivity index (χ2n) is 3.41. The second kappa shape index (κ2) is 4.57. The van der Waals surface area contributed by atoms with Crippen molar-refractivity contribution in [3.8, 4) is 0 Å². The van der Waals surface area contributed by atoms with E-state index in [9.17, 15) is 4.79 Å². The van der Waals surface area contributed by atoms with Crippen molar-refractivity contribution in [3.63, 3.8) is 0 Å². The summed E-state index contributed by atoms with van der Waals surface area (Å²) in [6, 6.07) is 5.70. The molecule has 0 fully saturated rings. The third-order valence-electron chi connectivity index (χ3n) is 2.11. The first-order valence-corrected chi connectivity index (χ1v) is 4.95. The average molecular weight is 216 g/mol. The van der Waals surface area contributed by atoms with Gasteiger partial charge in [0.25, 0.3) is 5.91 Å². The molecule has 5 heteroatoms. The zero-order valence-corrected chi connectivity index (χ0v) is 8.90. The standard InChI is InChI=1S/C11H12N4O/c1-8-3-2-4-9(15-8)5-13-11(16)10-6-12-7-14-10/h2-4,6-7H,5H2,1H3,(H,12,14)(H,13,16). The highest BCUT2D eigenvalue weighted by atomic mass is 16.1. The fourth-order valence-electron chi connectivity index (χ4n) is 1.34. The first kappa shape index (κ1) is 10.4. The van der Waals surface area contributed by atoms with Crippen LogP contribution in [0.2, 0.25) is 0 Å². The Morgan fingerprint density at radius 3 is 3.06 bits per heavy atom. The van der Waals surface area contributed by atoms with Crippen LogP contribution in [0.5, 0.6) is 0 Å². The minimum atomic E-state index is -0.204. The van der Waals surface area contributed by atoms with E-state index in [1.807, 2.05) is 25.1 Å². The molecule has 0 radical (unpaired) electrons. The summed E-state index contributed by atoms with van der Waals surface area (Å²) < 4.78 is 0. The van der Waals surface area contributed by atoms with Crippen LogP contribution in [0.4, 0.5) is 0 Å². The number of carbonyl (C=O) groups excluding carboxylic acids is 1. The number of rotatable bonds is 3. The van der Waals surface area contributed by atoms with E-state index in [4.69, 9.17) is 0 Å². The van der Waals surface area contributed by atoms with Gasteiger partial charge >= 0.3 is 0 Å². The largest absolute Gasteiger partial charge is 0.350 e. The molecule has 82 valence electrons. The lowest BCUT2D eigenvalue weighted by Crippen LogP contribution is -2.23. The Kier molecular flexibility index (Phi) is 2.95. The number of aryl methyl sites for hydroxylation is 1. The molecule has 0 saturated carbocycles. The Bertz CT molecular complexity index is 478. The van der Waals surface area contributed by atoms with E-state index in [1.54, 1.807) is 6.20 Å². The fourth-order valence-corrected chi connectivity index (χ4v) is 1.34. The third-order valence-corrected chi connectivity index (χ3v) is 2.11. The van der Waals surface area contributed by atoms with Crippen molar-refractivity contribution >= 4 is 5.91 Å². The number of nitrogens with zero attached hydrogens (tertiary/aromatic N) is 2. The Labute approximate surface area is 92.9 Å². The van der Waals surface area contributed by atoms with Crippen LogP contribution in [0.3, 0.4) is 0 Å². The van der Waals surface area contributed by atoms with Crippen molar-refractivity contribution < 1.29 is 4.79 Å². The molecule has 1 amide bonds. The van der Waals surface area contributed by atoms with Crippen LogP contribution in [0.25, 0.3) is 0 Å². The Balaban J connectivity index is 1.95. The molecule has 0 aromatic carbocycles. The van der Waals surface area contributed by atoms with Crippen molar-refractivity contribution in [2.45, 2.75) is 13.5 Å². The van der Waals surface area contributed by atoms with Gasteiger partial charge in [-0.2, -0.15) is 0 Å². The molecule has 2 N–H and O–H groups in total. The van der Waals surface area contributed by atoms with Gasteiger partial charge in [-0.25, -0.2) is 4.98 Å². The van der Waals surface area contributed by atoms with Crippen molar-refractivity contribution in [1.29, 1.82) is 0 Å². The number of aromatic amines is 1. The summed E-state index contributed by atoms with van der Waals surface area (Å²) in [6.07, 6.45) is 3.03. The molecule has 0 unspecified atom stereocenters. The van der Waals surface area contributed by atoms with Crippen molar-refractivity contribution in [3.05, 3.63) is 47.8 Å². The average Bonchev–Trinajstić information content (AvgIpc) is 2.79. The van der Waals surface area contributed by atoms with E-state index in [0.717, 1.165) is 11.4 Å². The number of nitrogens with one attached hydrogen (secondary N) is 2. The summed E-state index contributed by atoms with van der Waals surface area (Å²) in [6.45, 7) is 2.33. The monoisotopic (exact) mass is 216 g/mol. The van der Waals surface area contributed by atoms with Gasteiger partial charge in [-0.05, 0) is 19.1 Å². The van der Waals surface area contributed by atoms with Crippen LogP contribution in [-0.2, 0) is 6.54 Å². The van der Waals surface area contributed by atoms with Crippen molar-refractivity contribution in [1.82, 2.24) is 20.3 Å². The number of carbonyl (C=O) groups is 1. The molecule has 2 rings (SSSR count). The molecule has 2 heterocycles. The summed E-state index contributed by atoms with van der Waals surface area (Å²) >= 11 is 0. The van der Waals surface area contributed by atoms with Gasteiger partial charge in [0.05, 0.1) is 18.6 Å². The molecule has 0 aliphatic rings. The van der Waals surface area contributed by atoms with Gasteiger partial charge in [0.1, 0.15) is 5.69 Å². The summed E-state index contributed by atoms with van der Waals surface area (Å²) in [5, 5.41) is 2.74. The molecule has 0 atom stereocenters. The van der Waals surface area contributed by atoms with Gasteiger partial charge in [-0.3, -0.25) is 9.78 Å². The number of H-pyrrole nitrogens is 1. The fraction of sp³-hybridized carbons (Fsp3) is 0.182. The normalized spacial score (nSPS) is 10.1. The quantitative estimate of drug-likeness (QED) is 0.805. The zero-order valence-electron chi connectivity index (χ0n) is 8.90. The maximum atomic E-state index is 11.5. The molecule has 0 bridgehead atoms. The Hall–Kier alpha value is -2.17. The van der Waals surface area contributed by atoms with Gasteiger partial charge < -0.3 is 10.3 Å². The van der Waals surface area contributed by atoms with E-state index in [1.165, 1.54) is 6.33 Å². The number of hydrogen-bond donors (Lipinski definition) is 2. The van der Waals surface area contributed by atoms with Crippen LogP contribution in [0, 0.1) is 6.92 Å². The zero-order chi connectivity index (χ0) is 11.4. The van der Waals surface area contributed by atoms with Gasteiger partial charge in [0.15, 0.2) is 0 Å². The SMILES string of the molecule is Cc1cccc(CNC(=O)c2c[nH]cn2)n1. The highest BCUT2D eigenvalue weighted by Gasteiger charge is 2.06. The predicted molar refractivity (Wildman–Crippen MR) is 58.7 cm³/mol. The van der Waals surface area contributed by atoms with E-state index >= 15 is 0 Å². The molecule has 0 saturated heterocycles. The first-order valence-electron chi connectivity index (χ1n) is 4.95. The maximum absolute atomic E-state index is 11.5. The molecule has 16 heavy (non-hydrogen) atoms. The molecule has 0 spiro atoms. The molecule has 5 nitrogen and oxygen atoms in total. The number of pyridine rings is 1. The molecular weight excluding hydrogens is 204 g/mol. The van der Waals surface area contributed by atoms with Crippen molar-refractivity contribution in [2.24, 2.45) is 0 Å². The molecule has 0 aliphatic heterocycles. The Morgan fingerprint density at radius 2 is 2.38 bits per heavy atom. The second-order valence-corrected chi connectivity index (χ2v) is 3.41. The van der Waals surface area contributed by atoms with Crippen molar-refractivity contribution in [2.75, 3.05) is 0 Å². The van der Waals surface area contributed by atoms with Gasteiger partial charge in [-0.15, -0.1) is 0 Å². The van der Waals surface area contributed by atoms with E-state index in [0.29, 0.717) is 12.2 Å². The smallest absolute Gasteiger partial charge is 0.271 e. The predicted octanol–water partition coefficient (Wildman–Crippen LogP) is 1.04. The van der Waals surface area contributed by atoms with Crippen LogP contribution in [0.1, 0.15) is 21.9 Å². The summed E-state index contributed by atoms with van der Waals surface area (Å²) in [4.78, 5) is 22.4. The van der Waals surface area contributed by atoms with Crippen LogP contribution >= 0.6 is 0 Å². The van der Waals surface area contributed by atoms with Crippen LogP contribution in [-0.4, -0.2) is 20.9 Å².